The van der Waals surface area contributed by atoms with Gasteiger partial charge in [0.15, 0.2) is 0 Å². The molecule has 0 saturated carbocycles. The molecule has 0 bridgehead atoms. The van der Waals surface area contributed by atoms with Gasteiger partial charge in [0.1, 0.15) is 51.0 Å². The van der Waals surface area contributed by atoms with Gasteiger partial charge in [-0.05, 0) is 201 Å². The summed E-state index contributed by atoms with van der Waals surface area (Å²) >= 11 is 0. The molecule has 0 N–H and O–H groups in total. The summed E-state index contributed by atoms with van der Waals surface area (Å²) in [7, 11) is 0. The van der Waals surface area contributed by atoms with Crippen LogP contribution in [0.1, 0.15) is 417 Å². The van der Waals surface area contributed by atoms with Gasteiger partial charge in [-0.1, -0.05) is 252 Å². The van der Waals surface area contributed by atoms with Crippen LogP contribution in [0.15, 0.2) is 0 Å². The van der Waals surface area contributed by atoms with Crippen molar-refractivity contribution in [2.45, 2.75) is 468 Å². The third kappa shape index (κ3) is 49.9. The molecule has 0 spiro atoms. The fourth-order valence-electron chi connectivity index (χ4n) is 11.4. The van der Waals surface area contributed by atoms with Crippen molar-refractivity contribution in [3.8, 4) is 0 Å². The second-order valence-corrected chi connectivity index (χ2v) is 29.7. The van der Waals surface area contributed by atoms with E-state index in [0.717, 1.165) is 83.5 Å². The summed E-state index contributed by atoms with van der Waals surface area (Å²) in [4.78, 5) is 0. The maximum Gasteiger partial charge on any atom is 0.113 e. The molecule has 0 nitrogen and oxygen atoms in total. The molecule has 0 heterocycles. The van der Waals surface area contributed by atoms with Gasteiger partial charge in [0.25, 0.3) is 0 Å². The summed E-state index contributed by atoms with van der Waals surface area (Å²) in [6.07, 6.45) is 20.2. The summed E-state index contributed by atoms with van der Waals surface area (Å²) in [6, 6.07) is 0. The first-order valence-electron chi connectivity index (χ1n) is 36.9. The van der Waals surface area contributed by atoms with Crippen molar-refractivity contribution >= 4 is 0 Å². The Labute approximate surface area is 551 Å². The molecule has 0 aliphatic heterocycles. The molecule has 0 aliphatic carbocycles. The summed E-state index contributed by atoms with van der Waals surface area (Å²) in [6.45, 7) is 71.6. The number of alkyl halides is 9. The highest BCUT2D eigenvalue weighted by Crippen LogP contribution is 2.44. The van der Waals surface area contributed by atoms with Crippen LogP contribution in [-0.2, 0) is 0 Å². The number of hydrogen-bond donors (Lipinski definition) is 0. The first kappa shape index (κ1) is 106. The van der Waals surface area contributed by atoms with Crippen molar-refractivity contribution in [1.82, 2.24) is 0 Å². The molecule has 9 heteroatoms. The first-order chi connectivity index (χ1) is 39.7. The van der Waals surface area contributed by atoms with Crippen molar-refractivity contribution in [3.63, 3.8) is 0 Å². The van der Waals surface area contributed by atoms with Gasteiger partial charge in [-0.15, -0.1) is 0 Å². The van der Waals surface area contributed by atoms with Crippen LogP contribution >= 0.6 is 0 Å². The third-order valence-corrected chi connectivity index (χ3v) is 21.4. The highest BCUT2D eigenvalue weighted by molar-refractivity contribution is 4.92. The van der Waals surface area contributed by atoms with Gasteiger partial charge >= 0.3 is 0 Å². The van der Waals surface area contributed by atoms with Gasteiger partial charge in [-0.2, -0.15) is 0 Å². The van der Waals surface area contributed by atoms with Gasteiger partial charge in [0, 0.05) is 10.8 Å². The van der Waals surface area contributed by atoms with E-state index in [4.69, 9.17) is 0 Å². The zero-order valence-corrected chi connectivity index (χ0v) is 67.0. The van der Waals surface area contributed by atoms with Crippen LogP contribution in [0, 0.1) is 46.3 Å². The number of halogens is 9. The zero-order valence-electron chi connectivity index (χ0n) is 67.0. The Morgan fingerprint density at radius 2 is 0.500 bits per heavy atom. The number of rotatable bonds is 33. The van der Waals surface area contributed by atoms with Crippen LogP contribution in [0.3, 0.4) is 0 Å². The largest absolute Gasteiger partial charge is 0.244 e. The Kier molecular flexibility index (Phi) is 64.6. The highest BCUT2D eigenvalue weighted by atomic mass is 19.2. The van der Waals surface area contributed by atoms with Crippen LogP contribution in [0.2, 0.25) is 0 Å². The van der Waals surface area contributed by atoms with Crippen LogP contribution in [0.25, 0.3) is 0 Å². The smallest absolute Gasteiger partial charge is 0.113 e. The van der Waals surface area contributed by atoms with Gasteiger partial charge in [0.2, 0.25) is 0 Å². The van der Waals surface area contributed by atoms with E-state index < -0.39 is 51.0 Å². The van der Waals surface area contributed by atoms with E-state index in [2.05, 4.69) is 90.0 Å². The number of hydrogen-bond acceptors (Lipinski definition) is 0. The second-order valence-electron chi connectivity index (χ2n) is 29.7. The van der Waals surface area contributed by atoms with E-state index in [-0.39, 0.29) is 34.5 Å². The molecule has 0 radical (unpaired) electrons. The minimum Gasteiger partial charge on any atom is -0.244 e. The first-order valence-corrected chi connectivity index (χ1v) is 36.9. The van der Waals surface area contributed by atoms with E-state index in [0.29, 0.717) is 88.9 Å². The van der Waals surface area contributed by atoms with Crippen LogP contribution in [0.5, 0.6) is 0 Å². The molecule has 0 rings (SSSR count). The standard InChI is InChI=1S/2C11H23F.2C10H21F.C9H19F.C8H17F.2C7H15F.C6H13F/c1-7-11(6,12)10(8(2)3)9(4)5;1-6-9-11(5,12)10(4,7-2)8-3;1-6-9(4,7-2)10(5,11)8-3;1-5-8-10(4,11)9(6-2)7-3;1-5-8(6-2)9(4,10)7-3;1-4-6-8(3,9)7-5-2;1-5-7(4,8)6(2)3;1-4-6-7(3,8)5-2;1-4-6(3,7)5-2/h8-10H,7H2,1-6H3;6-9H2,1-5H3;6-8H2,1-5H3;9H,5-8H2,1-4H3;8H,5-7H2,1-4H3;4-7H2,1-3H3;6H,5H2,1-4H3;4-6H2,1-3H3;4-5H2,1-3H3. The highest BCUT2D eigenvalue weighted by Gasteiger charge is 2.42. The van der Waals surface area contributed by atoms with Crippen LogP contribution < -0.4 is 0 Å². The Balaban J connectivity index is -0.000000115. The van der Waals surface area contributed by atoms with Gasteiger partial charge in [0.05, 0.1) is 0 Å². The lowest BCUT2D eigenvalue weighted by Crippen LogP contribution is -2.39. The average Bonchev–Trinajstić information content (AvgIpc) is 3.43. The van der Waals surface area contributed by atoms with E-state index >= 15 is 0 Å². The Morgan fingerprint density at radius 3 is 0.636 bits per heavy atom. The van der Waals surface area contributed by atoms with Gasteiger partial charge in [-0.3, -0.25) is 0 Å². The maximum atomic E-state index is 14.1. The lowest BCUT2D eigenvalue weighted by atomic mass is 9.70. The minimum absolute atomic E-state index is 0.136. The normalized spacial score (nSPS) is 16.6. The maximum absolute atomic E-state index is 14.1. The van der Waals surface area contributed by atoms with Gasteiger partial charge in [-0.25, -0.2) is 39.5 Å². The van der Waals surface area contributed by atoms with E-state index in [1.165, 1.54) is 0 Å². The molecule has 7 unspecified atom stereocenters. The van der Waals surface area contributed by atoms with E-state index in [1.54, 1.807) is 62.3 Å². The second kappa shape index (κ2) is 53.6. The van der Waals surface area contributed by atoms with E-state index in [1.807, 2.05) is 104 Å². The molecular weight excluding hydrogens is 1120 g/mol. The Bertz CT molecular complexity index is 1430. The molecule has 0 aliphatic rings. The topological polar surface area (TPSA) is 0 Å². The molecule has 0 amide bonds. The lowest BCUT2D eigenvalue weighted by Gasteiger charge is -2.39. The molecular formula is C79H167F9. The molecule has 0 aromatic carbocycles. The van der Waals surface area contributed by atoms with Crippen molar-refractivity contribution in [1.29, 1.82) is 0 Å². The monoisotopic (exact) mass is 1290 g/mol. The molecule has 0 fully saturated rings. The predicted molar refractivity (Wildman–Crippen MR) is 386 cm³/mol. The molecule has 88 heavy (non-hydrogen) atoms. The zero-order chi connectivity index (χ0) is 72.6. The quantitative estimate of drug-likeness (QED) is 0.0575. The molecule has 7 atom stereocenters. The van der Waals surface area contributed by atoms with Crippen molar-refractivity contribution in [3.05, 3.63) is 0 Å². The Hall–Kier alpha value is -0.630. The summed E-state index contributed by atoms with van der Waals surface area (Å²) in [5.41, 5.74) is -8.82. The molecule has 0 aromatic rings. The van der Waals surface area contributed by atoms with Crippen LogP contribution in [0.4, 0.5) is 39.5 Å². The predicted octanol–water partition coefficient (Wildman–Crippen LogP) is 31.4. The molecule has 0 aromatic heterocycles. The summed E-state index contributed by atoms with van der Waals surface area (Å²) < 4.78 is 121. The minimum atomic E-state index is -1.00. The SMILES string of the molecule is CCC(C)(F)C(C(C)C)C(C)C.CCC(C)(F)C(C)(CC)CC.CCC(C)(F)C(C)C.CCC(C)(F)CC.CCC(CC)C(C)(F)CC.CCCC(C)(F)C(C)(CC)CC.CCCC(C)(F)C(CC)CC.CCCC(C)(F)CC.CCCC(C)(F)CCC. The molecule has 0 saturated heterocycles. The fraction of sp³-hybridized carbons (Fsp3) is 1.00. The van der Waals surface area contributed by atoms with Gasteiger partial charge < -0.3 is 0 Å². The molecule has 546 valence electrons. The Morgan fingerprint density at radius 1 is 0.239 bits per heavy atom. The van der Waals surface area contributed by atoms with Crippen molar-refractivity contribution in [2.75, 3.05) is 0 Å². The average molecular weight is 1290 g/mol. The summed E-state index contributed by atoms with van der Waals surface area (Å²) in [5, 5.41) is 0. The van der Waals surface area contributed by atoms with Crippen molar-refractivity contribution in [2.24, 2.45) is 46.3 Å². The summed E-state index contributed by atoms with van der Waals surface area (Å²) in [5.74, 6) is 1.69. The lowest BCUT2D eigenvalue weighted by molar-refractivity contribution is 0.00460. The van der Waals surface area contributed by atoms with Crippen molar-refractivity contribution < 1.29 is 39.5 Å². The van der Waals surface area contributed by atoms with Crippen LogP contribution in [-0.4, -0.2) is 51.0 Å². The fourth-order valence-corrected chi connectivity index (χ4v) is 11.4. The van der Waals surface area contributed by atoms with E-state index in [9.17, 15) is 39.5 Å². The third-order valence-electron chi connectivity index (χ3n) is 21.4.